The van der Waals surface area contributed by atoms with Crippen LogP contribution in [0.5, 0.6) is 0 Å². The molecule has 1 amide bonds. The molecule has 7 heteroatoms. The third-order valence-electron chi connectivity index (χ3n) is 15.1. The number of aromatic carboxylic acids is 1. The first-order valence-electron chi connectivity index (χ1n) is 18.7. The number of carbonyl (C=O) groups is 4. The normalized spacial score (nSPS) is 39.9. The fraction of sp³-hybridized carbons (Fsp3) is 0.756. The first-order valence-corrected chi connectivity index (χ1v) is 18.7. The van der Waals surface area contributed by atoms with Gasteiger partial charge in [-0.1, -0.05) is 60.6 Å². The van der Waals surface area contributed by atoms with Gasteiger partial charge in [-0.2, -0.15) is 0 Å². The topological polar surface area (TPSA) is 110 Å². The molecule has 0 saturated heterocycles. The predicted octanol–water partition coefficient (Wildman–Crippen LogP) is 8.24. The highest BCUT2D eigenvalue weighted by molar-refractivity contribution is 5.87. The Labute approximate surface area is 287 Å². The van der Waals surface area contributed by atoms with Crippen molar-refractivity contribution in [1.82, 2.24) is 5.32 Å². The zero-order valence-corrected chi connectivity index (χ0v) is 30.4. The molecule has 7 nitrogen and oxygen atoms in total. The summed E-state index contributed by atoms with van der Waals surface area (Å²) in [5.74, 6) is 2.19. The van der Waals surface area contributed by atoms with E-state index in [9.17, 15) is 24.3 Å². The van der Waals surface area contributed by atoms with Crippen LogP contribution in [0.15, 0.2) is 24.3 Å². The van der Waals surface area contributed by atoms with E-state index in [2.05, 4.69) is 39.9 Å². The van der Waals surface area contributed by atoms with Crippen molar-refractivity contribution in [3.8, 4) is 0 Å². The average molecular weight is 662 g/mol. The second-order valence-electron chi connectivity index (χ2n) is 18.5. The van der Waals surface area contributed by atoms with Crippen LogP contribution in [0.4, 0.5) is 0 Å². The molecule has 0 spiro atoms. The highest BCUT2D eigenvalue weighted by Gasteiger charge is 2.68. The monoisotopic (exact) mass is 661 g/mol. The second kappa shape index (κ2) is 12.3. The Morgan fingerprint density at radius 2 is 1.56 bits per heavy atom. The van der Waals surface area contributed by atoms with E-state index in [1.165, 1.54) is 19.3 Å². The van der Waals surface area contributed by atoms with Crippen LogP contribution >= 0.6 is 0 Å². The maximum absolute atomic E-state index is 14.2. The highest BCUT2D eigenvalue weighted by atomic mass is 16.5. The fourth-order valence-corrected chi connectivity index (χ4v) is 12.9. The number of fused-ring (bicyclic) bond motifs is 7. The van der Waals surface area contributed by atoms with E-state index in [0.29, 0.717) is 42.1 Å². The molecule has 0 aromatic heterocycles. The van der Waals surface area contributed by atoms with Crippen LogP contribution in [-0.4, -0.2) is 35.3 Å². The summed E-state index contributed by atoms with van der Waals surface area (Å²) in [5.41, 5.74) is 0.438. The van der Waals surface area contributed by atoms with Gasteiger partial charge in [0.1, 0.15) is 12.4 Å². The summed E-state index contributed by atoms with van der Waals surface area (Å²) in [7, 11) is 0. The highest BCUT2D eigenvalue weighted by Crippen LogP contribution is 2.73. The van der Waals surface area contributed by atoms with Crippen LogP contribution in [0, 0.1) is 62.6 Å². The molecule has 0 radical (unpaired) electrons. The number of esters is 1. The van der Waals surface area contributed by atoms with Crippen LogP contribution in [0.2, 0.25) is 0 Å². The molecule has 264 valence electrons. The number of hydrogen-bond acceptors (Lipinski definition) is 5. The van der Waals surface area contributed by atoms with Crippen LogP contribution in [0.3, 0.4) is 0 Å². The third-order valence-corrected chi connectivity index (χ3v) is 15.1. The van der Waals surface area contributed by atoms with E-state index in [0.717, 1.165) is 56.8 Å². The van der Waals surface area contributed by atoms with Crippen molar-refractivity contribution in [3.63, 3.8) is 0 Å². The van der Waals surface area contributed by atoms with Crippen molar-refractivity contribution in [3.05, 3.63) is 35.4 Å². The summed E-state index contributed by atoms with van der Waals surface area (Å²) >= 11 is 0. The lowest BCUT2D eigenvalue weighted by Gasteiger charge is -2.69. The van der Waals surface area contributed by atoms with Crippen molar-refractivity contribution in [2.75, 3.05) is 0 Å². The van der Waals surface area contributed by atoms with Gasteiger partial charge < -0.3 is 20.0 Å². The number of carboxylic acids is 1. The molecule has 0 heterocycles. The van der Waals surface area contributed by atoms with Crippen LogP contribution in [-0.2, 0) is 25.7 Å². The predicted molar refractivity (Wildman–Crippen MR) is 185 cm³/mol. The molecule has 10 atom stereocenters. The SMILES string of the molecule is CC1CCC2(C(=O)NCc3ccc(C(=O)O)cc3)CCC3C(CCC4C3(C)CCC3C(C)(C)C(OC(=O)CC(C)(C)C=O)CCC34C)C12. The van der Waals surface area contributed by atoms with Gasteiger partial charge in [-0.25, -0.2) is 4.79 Å². The van der Waals surface area contributed by atoms with Crippen molar-refractivity contribution in [1.29, 1.82) is 0 Å². The first-order chi connectivity index (χ1) is 22.5. The number of rotatable bonds is 8. The summed E-state index contributed by atoms with van der Waals surface area (Å²) in [6.07, 6.45) is 11.6. The molecule has 5 fully saturated rings. The van der Waals surface area contributed by atoms with E-state index in [1.807, 2.05) is 0 Å². The Bertz CT molecular complexity index is 1430. The molecule has 10 unspecified atom stereocenters. The Balaban J connectivity index is 1.18. The van der Waals surface area contributed by atoms with Crippen LogP contribution < -0.4 is 5.32 Å². The molecule has 0 aliphatic heterocycles. The molecule has 5 saturated carbocycles. The fourth-order valence-electron chi connectivity index (χ4n) is 12.9. The Morgan fingerprint density at radius 3 is 2.23 bits per heavy atom. The maximum Gasteiger partial charge on any atom is 0.335 e. The van der Waals surface area contributed by atoms with Crippen molar-refractivity contribution >= 4 is 24.1 Å². The summed E-state index contributed by atoms with van der Waals surface area (Å²) in [5, 5.41) is 12.6. The minimum absolute atomic E-state index is 0.119. The molecule has 6 rings (SSSR count). The number of carboxylic acid groups (broad SMARTS) is 1. The lowest BCUT2D eigenvalue weighted by Crippen LogP contribution is -2.64. The van der Waals surface area contributed by atoms with Gasteiger partial charge in [0.15, 0.2) is 0 Å². The van der Waals surface area contributed by atoms with Crippen LogP contribution in [0.1, 0.15) is 135 Å². The number of ether oxygens (including phenoxy) is 1. The number of benzene rings is 1. The molecule has 1 aromatic rings. The molecule has 0 bridgehead atoms. The standard InChI is InChI=1S/C41H59NO6/c1-25-14-20-41(36(47)42-23-26-8-10-27(11-9-26)35(45)46)21-15-29-28(34(25)41)12-13-31-39(29,6)18-16-30-38(4,5)32(17-19-40(30,31)7)48-33(44)22-37(2,3)24-43/h8-11,24-25,28-32,34H,12-23H2,1-7H3,(H,42,47)(H,45,46). The molecule has 2 N–H and O–H groups in total. The number of nitrogens with one attached hydrogen (secondary N) is 1. The van der Waals surface area contributed by atoms with Gasteiger partial charge in [-0.3, -0.25) is 9.59 Å². The Hall–Kier alpha value is -2.70. The summed E-state index contributed by atoms with van der Waals surface area (Å²) < 4.78 is 6.18. The molecular weight excluding hydrogens is 602 g/mol. The number of carbonyl (C=O) groups excluding carboxylic acids is 3. The van der Waals surface area contributed by atoms with E-state index in [4.69, 9.17) is 4.74 Å². The minimum Gasteiger partial charge on any atom is -0.478 e. The van der Waals surface area contributed by atoms with Gasteiger partial charge in [0.05, 0.1) is 17.4 Å². The maximum atomic E-state index is 14.2. The molecular formula is C41H59NO6. The molecule has 5 aliphatic carbocycles. The quantitative estimate of drug-likeness (QED) is 0.215. The summed E-state index contributed by atoms with van der Waals surface area (Å²) in [6.45, 7) is 16.2. The van der Waals surface area contributed by atoms with Crippen molar-refractivity contribution in [2.24, 2.45) is 62.6 Å². The zero-order valence-electron chi connectivity index (χ0n) is 30.4. The Kier molecular flexibility index (Phi) is 8.98. The second-order valence-corrected chi connectivity index (χ2v) is 18.5. The lowest BCUT2D eigenvalue weighted by atomic mass is 9.36. The van der Waals surface area contributed by atoms with Gasteiger partial charge in [0, 0.05) is 17.4 Å². The van der Waals surface area contributed by atoms with E-state index >= 15 is 0 Å². The summed E-state index contributed by atoms with van der Waals surface area (Å²) in [4.78, 5) is 49.9. The van der Waals surface area contributed by atoms with Crippen molar-refractivity contribution in [2.45, 2.75) is 132 Å². The van der Waals surface area contributed by atoms with E-state index in [1.54, 1.807) is 38.1 Å². The average Bonchev–Trinajstić information content (AvgIpc) is 3.38. The minimum atomic E-state index is -0.941. The van der Waals surface area contributed by atoms with Gasteiger partial charge in [0.25, 0.3) is 0 Å². The van der Waals surface area contributed by atoms with Gasteiger partial charge >= 0.3 is 11.9 Å². The number of hydrogen-bond donors (Lipinski definition) is 2. The van der Waals surface area contributed by atoms with Crippen molar-refractivity contribution < 1.29 is 29.0 Å². The van der Waals surface area contributed by atoms with Gasteiger partial charge in [-0.15, -0.1) is 0 Å². The Morgan fingerprint density at radius 1 is 0.896 bits per heavy atom. The van der Waals surface area contributed by atoms with E-state index < -0.39 is 11.4 Å². The lowest BCUT2D eigenvalue weighted by molar-refractivity contribution is -0.223. The van der Waals surface area contributed by atoms with Crippen LogP contribution in [0.25, 0.3) is 0 Å². The van der Waals surface area contributed by atoms with Gasteiger partial charge in [-0.05, 0) is 128 Å². The first kappa shape index (κ1) is 35.1. The van der Waals surface area contributed by atoms with E-state index in [-0.39, 0.29) is 51.6 Å². The van der Waals surface area contributed by atoms with Gasteiger partial charge in [0.2, 0.25) is 5.91 Å². The molecule has 1 aromatic carbocycles. The smallest absolute Gasteiger partial charge is 0.335 e. The zero-order chi connectivity index (χ0) is 34.9. The largest absolute Gasteiger partial charge is 0.478 e. The number of aldehydes is 1. The third kappa shape index (κ3) is 5.63. The molecule has 48 heavy (non-hydrogen) atoms. The summed E-state index contributed by atoms with van der Waals surface area (Å²) in [6, 6.07) is 6.83. The number of amides is 1. The molecule has 5 aliphatic rings.